The fraction of sp³-hybridized carbons (Fsp3) is 0.517. The highest BCUT2D eigenvalue weighted by Gasteiger charge is 2.50. The van der Waals surface area contributed by atoms with Crippen LogP contribution in [-0.2, 0) is 4.79 Å². The number of aromatic amines is 1. The zero-order chi connectivity index (χ0) is 28.3. The second-order valence-corrected chi connectivity index (χ2v) is 14.0. The number of ether oxygens (including phenoxy) is 1. The molecule has 0 radical (unpaired) electrons. The second kappa shape index (κ2) is 10.1. The maximum Gasteiger partial charge on any atom is 0.315 e. The standard InChI is InChI=1S/C29H36Cl3N3O3/c1-14-12-17(28(2,3)4)20(18(13-14)29(5,6)7)27(37)38-22-19(15-8-10-16(30)11-9-15)23(32)35-25(22)34-24(33)21(31)26(35)36/h8-11,14,17-18,20,34H,12-13,33H2,1-7H3. The van der Waals surface area contributed by atoms with Gasteiger partial charge in [-0.2, -0.15) is 0 Å². The Kier molecular flexibility index (Phi) is 7.67. The Morgan fingerprint density at radius 3 is 2.03 bits per heavy atom. The Morgan fingerprint density at radius 2 is 1.53 bits per heavy atom. The van der Waals surface area contributed by atoms with Crippen molar-refractivity contribution >= 4 is 52.2 Å². The number of nitrogens with two attached hydrogens (primary N) is 1. The van der Waals surface area contributed by atoms with E-state index in [1.807, 2.05) is 0 Å². The number of carbonyl (C=O) groups is 1. The van der Waals surface area contributed by atoms with Gasteiger partial charge in [0.05, 0.1) is 11.5 Å². The third kappa shape index (κ3) is 5.20. The monoisotopic (exact) mass is 579 g/mol. The van der Waals surface area contributed by atoms with Gasteiger partial charge in [-0.15, -0.1) is 0 Å². The van der Waals surface area contributed by atoms with E-state index in [1.54, 1.807) is 24.3 Å². The van der Waals surface area contributed by atoms with Crippen LogP contribution >= 0.6 is 34.8 Å². The highest BCUT2D eigenvalue weighted by atomic mass is 35.5. The van der Waals surface area contributed by atoms with E-state index in [2.05, 4.69) is 53.5 Å². The summed E-state index contributed by atoms with van der Waals surface area (Å²) < 4.78 is 7.49. The van der Waals surface area contributed by atoms with Crippen LogP contribution in [0.25, 0.3) is 16.8 Å². The summed E-state index contributed by atoms with van der Waals surface area (Å²) in [4.78, 5) is 30.3. The molecule has 206 valence electrons. The Morgan fingerprint density at radius 1 is 1.00 bits per heavy atom. The molecule has 38 heavy (non-hydrogen) atoms. The van der Waals surface area contributed by atoms with Gasteiger partial charge in [0, 0.05) is 5.02 Å². The number of carbonyl (C=O) groups excluding carboxylic acids is 1. The lowest BCUT2D eigenvalue weighted by Crippen LogP contribution is -2.48. The molecule has 1 aliphatic carbocycles. The molecule has 2 unspecified atom stereocenters. The molecule has 1 saturated carbocycles. The molecule has 1 fully saturated rings. The molecule has 0 bridgehead atoms. The van der Waals surface area contributed by atoms with Crippen LogP contribution < -0.4 is 16.0 Å². The fourth-order valence-corrected chi connectivity index (χ4v) is 6.62. The maximum atomic E-state index is 14.3. The van der Waals surface area contributed by atoms with Gasteiger partial charge in [-0.25, -0.2) is 4.40 Å². The summed E-state index contributed by atoms with van der Waals surface area (Å²) in [5.41, 5.74) is 6.36. The Labute approximate surface area is 238 Å². The molecule has 3 N–H and O–H groups in total. The number of nitrogen functional groups attached to an aromatic ring is 1. The average molecular weight is 581 g/mol. The van der Waals surface area contributed by atoms with E-state index >= 15 is 0 Å². The van der Waals surface area contributed by atoms with Gasteiger partial charge in [-0.05, 0) is 59.1 Å². The molecule has 9 heteroatoms. The topological polar surface area (TPSA) is 89.6 Å². The molecular formula is C29H36Cl3N3O3. The predicted octanol–water partition coefficient (Wildman–Crippen LogP) is 8.11. The third-order valence-corrected chi connectivity index (χ3v) is 8.94. The number of aromatic nitrogens is 2. The molecule has 3 aromatic rings. The van der Waals surface area contributed by atoms with E-state index in [0.29, 0.717) is 22.1 Å². The summed E-state index contributed by atoms with van der Waals surface area (Å²) in [6, 6.07) is 6.93. The maximum absolute atomic E-state index is 14.3. The summed E-state index contributed by atoms with van der Waals surface area (Å²) in [6.07, 6.45) is 1.85. The van der Waals surface area contributed by atoms with Crippen LogP contribution in [0.3, 0.4) is 0 Å². The fourth-order valence-electron chi connectivity index (χ4n) is 6.01. The lowest BCUT2D eigenvalue weighted by atomic mass is 9.55. The van der Waals surface area contributed by atoms with Crippen molar-refractivity contribution in [2.75, 3.05) is 5.73 Å². The Bertz CT molecular complexity index is 1400. The second-order valence-electron chi connectivity index (χ2n) is 12.8. The first-order chi connectivity index (χ1) is 17.5. The number of halogens is 3. The van der Waals surface area contributed by atoms with Crippen molar-refractivity contribution in [2.24, 2.45) is 34.5 Å². The molecule has 4 rings (SSSR count). The van der Waals surface area contributed by atoms with E-state index in [1.165, 1.54) is 4.40 Å². The Hall–Kier alpha value is -2.15. The van der Waals surface area contributed by atoms with Crippen molar-refractivity contribution in [3.05, 3.63) is 49.8 Å². The molecule has 2 atom stereocenters. The van der Waals surface area contributed by atoms with Crippen molar-refractivity contribution in [3.8, 4) is 16.9 Å². The predicted molar refractivity (Wildman–Crippen MR) is 156 cm³/mol. The quantitative estimate of drug-likeness (QED) is 0.306. The number of anilines is 1. The first-order valence-corrected chi connectivity index (χ1v) is 14.0. The number of H-pyrrole nitrogens is 1. The molecule has 0 spiro atoms. The molecule has 0 aliphatic heterocycles. The highest BCUT2D eigenvalue weighted by molar-refractivity contribution is 6.35. The molecule has 2 aromatic heterocycles. The summed E-state index contributed by atoms with van der Waals surface area (Å²) in [5, 5.41) is 0.398. The minimum Gasteiger partial charge on any atom is -0.422 e. The van der Waals surface area contributed by atoms with Crippen LogP contribution in [0.2, 0.25) is 15.2 Å². The molecule has 2 heterocycles. The first-order valence-electron chi connectivity index (χ1n) is 12.9. The summed E-state index contributed by atoms with van der Waals surface area (Å²) in [6.45, 7) is 15.3. The van der Waals surface area contributed by atoms with E-state index in [9.17, 15) is 9.59 Å². The number of nitrogens with zero attached hydrogens (tertiary/aromatic N) is 1. The van der Waals surface area contributed by atoms with Gasteiger partial charge in [0.2, 0.25) is 0 Å². The smallest absolute Gasteiger partial charge is 0.315 e. The number of hydrogen-bond donors (Lipinski definition) is 2. The van der Waals surface area contributed by atoms with Gasteiger partial charge in [0.1, 0.15) is 16.0 Å². The first kappa shape index (κ1) is 28.8. The molecule has 1 aliphatic rings. The van der Waals surface area contributed by atoms with E-state index in [0.717, 1.165) is 12.8 Å². The Balaban J connectivity index is 1.93. The van der Waals surface area contributed by atoms with Crippen LogP contribution in [0.15, 0.2) is 29.1 Å². The van der Waals surface area contributed by atoms with E-state index in [-0.39, 0.29) is 61.9 Å². The molecule has 1 aromatic carbocycles. The van der Waals surface area contributed by atoms with Gasteiger partial charge in [-0.1, -0.05) is 95.4 Å². The lowest BCUT2D eigenvalue weighted by molar-refractivity contribution is -0.152. The van der Waals surface area contributed by atoms with E-state index in [4.69, 9.17) is 45.3 Å². The van der Waals surface area contributed by atoms with Crippen molar-refractivity contribution in [2.45, 2.75) is 61.3 Å². The molecule has 6 nitrogen and oxygen atoms in total. The highest BCUT2D eigenvalue weighted by Crippen LogP contribution is 2.53. The summed E-state index contributed by atoms with van der Waals surface area (Å²) >= 11 is 19.1. The van der Waals surface area contributed by atoms with Crippen LogP contribution in [0.4, 0.5) is 5.82 Å². The summed E-state index contributed by atoms with van der Waals surface area (Å²) in [5.74, 6) is 0.0985. The van der Waals surface area contributed by atoms with Gasteiger partial charge in [-0.3, -0.25) is 9.59 Å². The normalized spacial score (nSPS) is 22.6. The van der Waals surface area contributed by atoms with Gasteiger partial charge in [0.15, 0.2) is 11.4 Å². The van der Waals surface area contributed by atoms with Crippen molar-refractivity contribution < 1.29 is 9.53 Å². The van der Waals surface area contributed by atoms with Crippen molar-refractivity contribution in [1.82, 2.24) is 9.38 Å². The van der Waals surface area contributed by atoms with Crippen LogP contribution in [0.5, 0.6) is 5.75 Å². The summed E-state index contributed by atoms with van der Waals surface area (Å²) in [7, 11) is 0. The molecule has 0 amide bonds. The van der Waals surface area contributed by atoms with Crippen molar-refractivity contribution in [3.63, 3.8) is 0 Å². The van der Waals surface area contributed by atoms with Crippen LogP contribution in [0, 0.1) is 34.5 Å². The number of nitrogens with one attached hydrogen (secondary N) is 1. The number of esters is 1. The molecular weight excluding hydrogens is 545 g/mol. The van der Waals surface area contributed by atoms with Gasteiger partial charge < -0.3 is 15.5 Å². The minimum absolute atomic E-state index is 0.0371. The lowest BCUT2D eigenvalue weighted by Gasteiger charge is -2.49. The van der Waals surface area contributed by atoms with Gasteiger partial charge >= 0.3 is 5.97 Å². The number of hydrogen-bond acceptors (Lipinski definition) is 4. The molecule has 0 saturated heterocycles. The zero-order valence-corrected chi connectivity index (χ0v) is 25.2. The third-order valence-electron chi connectivity index (χ3n) is 7.96. The SMILES string of the molecule is CC1CC(C(C)(C)C)C(C(=O)Oc2c(-c3ccc(Cl)cc3)c(Cl)n3c(=O)c(Cl)c(N)[nH]c23)C(C(C)(C)C)C1. The van der Waals surface area contributed by atoms with E-state index < -0.39 is 5.56 Å². The number of fused-ring (bicyclic) bond motifs is 1. The van der Waals surface area contributed by atoms with Crippen LogP contribution in [0.1, 0.15) is 61.3 Å². The van der Waals surface area contributed by atoms with Gasteiger partial charge in [0.25, 0.3) is 5.56 Å². The average Bonchev–Trinajstić information content (AvgIpc) is 3.07. The van der Waals surface area contributed by atoms with Crippen molar-refractivity contribution in [1.29, 1.82) is 0 Å². The number of rotatable bonds is 3. The number of benzene rings is 1. The van der Waals surface area contributed by atoms with Crippen LogP contribution in [-0.4, -0.2) is 15.4 Å². The minimum atomic E-state index is -0.605. The largest absolute Gasteiger partial charge is 0.422 e. The zero-order valence-electron chi connectivity index (χ0n) is 22.9.